The van der Waals surface area contributed by atoms with Gasteiger partial charge in [-0.15, -0.1) is 0 Å². The van der Waals surface area contributed by atoms with Gasteiger partial charge in [0.1, 0.15) is 0 Å². The minimum absolute atomic E-state index is 0.114. The minimum atomic E-state index is -3.63. The van der Waals surface area contributed by atoms with Gasteiger partial charge in [0.05, 0.1) is 18.1 Å². The van der Waals surface area contributed by atoms with Crippen molar-refractivity contribution in [2.24, 2.45) is 0 Å². The Kier molecular flexibility index (Phi) is 7.49. The van der Waals surface area contributed by atoms with Gasteiger partial charge in [0, 0.05) is 31.2 Å². The summed E-state index contributed by atoms with van der Waals surface area (Å²) in [7, 11) is -3.63. The number of carbonyl (C=O) groups is 1. The average Bonchev–Trinajstić information content (AvgIpc) is 2.73. The van der Waals surface area contributed by atoms with E-state index in [1.54, 1.807) is 30.3 Å². The summed E-state index contributed by atoms with van der Waals surface area (Å²) in [6.07, 6.45) is 0.649. The molecule has 0 radical (unpaired) electrons. The van der Waals surface area contributed by atoms with Gasteiger partial charge in [-0.3, -0.25) is 0 Å². The number of nitrogens with one attached hydrogen (secondary N) is 2. The molecule has 1 fully saturated rings. The normalized spacial score (nSPS) is 15.1. The third-order valence-electron chi connectivity index (χ3n) is 4.59. The second kappa shape index (κ2) is 10.1. The lowest BCUT2D eigenvalue weighted by molar-refractivity contribution is 0.0730. The van der Waals surface area contributed by atoms with Crippen LogP contribution in [0.5, 0.6) is 0 Å². The third-order valence-corrected chi connectivity index (χ3v) is 6.82. The van der Waals surface area contributed by atoms with Gasteiger partial charge >= 0.3 is 6.03 Å². The maximum Gasteiger partial charge on any atom is 0.315 e. The van der Waals surface area contributed by atoms with Crippen LogP contribution >= 0.6 is 11.6 Å². The SMILES string of the molecule is O=C(NCCc1cccc(Cl)c1)NCc1ccccc1S(=O)(=O)N1CCOCC1. The van der Waals surface area contributed by atoms with Crippen molar-refractivity contribution in [1.29, 1.82) is 0 Å². The Hall–Kier alpha value is -2.13. The highest BCUT2D eigenvalue weighted by Crippen LogP contribution is 2.21. The van der Waals surface area contributed by atoms with Crippen molar-refractivity contribution in [3.63, 3.8) is 0 Å². The molecule has 2 aromatic rings. The summed E-state index contributed by atoms with van der Waals surface area (Å²) in [5.41, 5.74) is 1.57. The van der Waals surface area contributed by atoms with Crippen molar-refractivity contribution in [3.05, 3.63) is 64.7 Å². The number of hydrogen-bond acceptors (Lipinski definition) is 4. The van der Waals surface area contributed by atoms with Crippen LogP contribution in [0.2, 0.25) is 5.02 Å². The number of sulfonamides is 1. The molecule has 0 atom stereocenters. The lowest BCUT2D eigenvalue weighted by atomic mass is 10.1. The lowest BCUT2D eigenvalue weighted by Crippen LogP contribution is -2.41. The van der Waals surface area contributed by atoms with Crippen LogP contribution in [-0.2, 0) is 27.7 Å². The predicted molar refractivity (Wildman–Crippen MR) is 111 cm³/mol. The van der Waals surface area contributed by atoms with Crippen LogP contribution in [0.25, 0.3) is 0 Å². The second-order valence-electron chi connectivity index (χ2n) is 6.61. The molecular weight excluding hydrogens is 414 g/mol. The number of nitrogens with zero attached hydrogens (tertiary/aromatic N) is 1. The van der Waals surface area contributed by atoms with E-state index in [4.69, 9.17) is 16.3 Å². The highest BCUT2D eigenvalue weighted by molar-refractivity contribution is 7.89. The van der Waals surface area contributed by atoms with Gasteiger partial charge in [0.2, 0.25) is 10.0 Å². The van der Waals surface area contributed by atoms with Gasteiger partial charge in [-0.1, -0.05) is 41.9 Å². The Morgan fingerprint density at radius 2 is 1.83 bits per heavy atom. The van der Waals surface area contributed by atoms with Crippen molar-refractivity contribution in [1.82, 2.24) is 14.9 Å². The van der Waals surface area contributed by atoms with Crippen molar-refractivity contribution < 1.29 is 17.9 Å². The predicted octanol–water partition coefficient (Wildman–Crippen LogP) is 2.40. The van der Waals surface area contributed by atoms with E-state index in [1.807, 2.05) is 18.2 Å². The highest BCUT2D eigenvalue weighted by Gasteiger charge is 2.28. The molecule has 2 amide bonds. The molecule has 29 heavy (non-hydrogen) atoms. The van der Waals surface area contributed by atoms with E-state index in [-0.39, 0.29) is 17.5 Å². The molecule has 0 aliphatic carbocycles. The van der Waals surface area contributed by atoms with E-state index >= 15 is 0 Å². The number of amides is 2. The number of halogens is 1. The van der Waals surface area contributed by atoms with E-state index in [9.17, 15) is 13.2 Å². The zero-order chi connectivity index (χ0) is 20.7. The summed E-state index contributed by atoms with van der Waals surface area (Å²) in [6, 6.07) is 13.8. The van der Waals surface area contributed by atoms with Crippen LogP contribution in [0.4, 0.5) is 4.79 Å². The molecule has 0 aromatic heterocycles. The van der Waals surface area contributed by atoms with Gasteiger partial charge in [0.15, 0.2) is 0 Å². The quantitative estimate of drug-likeness (QED) is 0.696. The number of rotatable bonds is 7. The van der Waals surface area contributed by atoms with Gasteiger partial charge in [0.25, 0.3) is 0 Å². The van der Waals surface area contributed by atoms with Crippen molar-refractivity contribution in [3.8, 4) is 0 Å². The molecule has 1 aliphatic rings. The molecule has 0 bridgehead atoms. The summed E-state index contributed by atoms with van der Waals surface area (Å²) in [6.45, 7) is 1.98. The first-order valence-electron chi connectivity index (χ1n) is 9.39. The van der Waals surface area contributed by atoms with E-state index in [1.165, 1.54) is 4.31 Å². The third kappa shape index (κ3) is 5.93. The van der Waals surface area contributed by atoms with Crippen LogP contribution in [0.15, 0.2) is 53.4 Å². The standard InChI is InChI=1S/C20H24ClN3O4S/c21-18-6-3-4-16(14-18)8-9-22-20(25)23-15-17-5-1-2-7-19(17)29(26,27)24-10-12-28-13-11-24/h1-7,14H,8-13,15H2,(H2,22,23,25). The molecule has 1 saturated heterocycles. The molecule has 0 spiro atoms. The Bertz CT molecular complexity index is 946. The number of morpholine rings is 1. The maximum absolute atomic E-state index is 12.9. The second-order valence-corrected chi connectivity index (χ2v) is 8.96. The molecular formula is C20H24ClN3O4S. The molecule has 3 rings (SSSR count). The summed E-state index contributed by atoms with van der Waals surface area (Å²) in [4.78, 5) is 12.3. The largest absolute Gasteiger partial charge is 0.379 e. The van der Waals surface area contributed by atoms with Crippen LogP contribution in [-0.4, -0.2) is 51.6 Å². The van der Waals surface area contributed by atoms with E-state index in [2.05, 4.69) is 10.6 Å². The first-order chi connectivity index (χ1) is 14.0. The molecule has 2 aromatic carbocycles. The minimum Gasteiger partial charge on any atom is -0.379 e. The van der Waals surface area contributed by atoms with Gasteiger partial charge < -0.3 is 15.4 Å². The highest BCUT2D eigenvalue weighted by atomic mass is 35.5. The van der Waals surface area contributed by atoms with E-state index in [0.717, 1.165) is 5.56 Å². The van der Waals surface area contributed by atoms with E-state index < -0.39 is 10.0 Å². The van der Waals surface area contributed by atoms with Crippen LogP contribution < -0.4 is 10.6 Å². The summed E-state index contributed by atoms with van der Waals surface area (Å²) < 4.78 is 32.5. The molecule has 0 saturated carbocycles. The molecule has 156 valence electrons. The summed E-state index contributed by atoms with van der Waals surface area (Å²) in [5.74, 6) is 0. The molecule has 2 N–H and O–H groups in total. The molecule has 1 aliphatic heterocycles. The van der Waals surface area contributed by atoms with Gasteiger partial charge in [-0.2, -0.15) is 4.31 Å². The summed E-state index contributed by atoms with van der Waals surface area (Å²) in [5, 5.41) is 6.16. The van der Waals surface area contributed by atoms with Crippen LogP contribution in [0, 0.1) is 0 Å². The molecule has 7 nitrogen and oxygen atoms in total. The van der Waals surface area contributed by atoms with Gasteiger partial charge in [-0.05, 0) is 35.7 Å². The maximum atomic E-state index is 12.9. The lowest BCUT2D eigenvalue weighted by Gasteiger charge is -2.27. The molecule has 0 unspecified atom stereocenters. The van der Waals surface area contributed by atoms with Crippen molar-refractivity contribution >= 4 is 27.7 Å². The Morgan fingerprint density at radius 1 is 1.07 bits per heavy atom. The topological polar surface area (TPSA) is 87.7 Å². The summed E-state index contributed by atoms with van der Waals surface area (Å²) >= 11 is 5.95. The number of ether oxygens (including phenoxy) is 1. The van der Waals surface area contributed by atoms with Gasteiger partial charge in [-0.25, -0.2) is 13.2 Å². The fourth-order valence-electron chi connectivity index (χ4n) is 3.08. The van der Waals surface area contributed by atoms with Crippen molar-refractivity contribution in [2.75, 3.05) is 32.8 Å². The van der Waals surface area contributed by atoms with E-state index in [0.29, 0.717) is 49.9 Å². The first kappa shape index (κ1) is 21.6. The number of carbonyl (C=O) groups excluding carboxylic acids is 1. The number of benzene rings is 2. The smallest absolute Gasteiger partial charge is 0.315 e. The first-order valence-corrected chi connectivity index (χ1v) is 11.2. The average molecular weight is 438 g/mol. The monoisotopic (exact) mass is 437 g/mol. The Balaban J connectivity index is 1.56. The van der Waals surface area contributed by atoms with Crippen LogP contribution in [0.3, 0.4) is 0 Å². The zero-order valence-corrected chi connectivity index (χ0v) is 17.5. The zero-order valence-electron chi connectivity index (χ0n) is 15.9. The molecule has 1 heterocycles. The fourth-order valence-corrected chi connectivity index (χ4v) is 4.92. The van der Waals surface area contributed by atoms with Crippen molar-refractivity contribution in [2.45, 2.75) is 17.9 Å². The number of hydrogen-bond donors (Lipinski definition) is 2. The Labute approximate surface area is 176 Å². The molecule has 9 heteroatoms. The number of urea groups is 1. The fraction of sp³-hybridized carbons (Fsp3) is 0.350. The van der Waals surface area contributed by atoms with Crippen LogP contribution in [0.1, 0.15) is 11.1 Å². The Morgan fingerprint density at radius 3 is 2.59 bits per heavy atom.